The zero-order chi connectivity index (χ0) is 35.3. The van der Waals surface area contributed by atoms with E-state index in [0.717, 1.165) is 43.9 Å². The zero-order valence-electron chi connectivity index (χ0n) is 29.1. The molecule has 0 amide bonds. The number of fused-ring (bicyclic) bond motifs is 2. The van der Waals surface area contributed by atoms with E-state index in [9.17, 15) is 0 Å². The van der Waals surface area contributed by atoms with Crippen LogP contribution in [0.25, 0.3) is 120 Å². The molecular weight excluding hydrogens is 657 g/mol. The average Bonchev–Trinajstić information content (AvgIpc) is 3.46. The molecule has 250 valence electrons. The minimum absolute atomic E-state index is 0.895. The van der Waals surface area contributed by atoms with Crippen LogP contribution >= 0.6 is 0 Å². The molecule has 0 aliphatic heterocycles. The molecule has 10 aromatic carbocycles. The summed E-state index contributed by atoms with van der Waals surface area (Å²) in [6.45, 7) is 0. The van der Waals surface area contributed by atoms with Gasteiger partial charge in [0.05, 0.1) is 0 Å². The van der Waals surface area contributed by atoms with Crippen molar-refractivity contribution in [2.75, 3.05) is 0 Å². The van der Waals surface area contributed by atoms with Crippen LogP contribution in [0.1, 0.15) is 0 Å². The summed E-state index contributed by atoms with van der Waals surface area (Å²) in [7, 11) is 0. The molecule has 2 nitrogen and oxygen atoms in total. The van der Waals surface area contributed by atoms with Crippen molar-refractivity contribution in [3.05, 3.63) is 182 Å². The standard InChI is InChI=1S/C52H30O2/c1-7-35-9-3-17-45-49(35)41(11-1)43-15-5-13-39-37(27-29-47(53-45)51(39)43)33-23-19-31(20-24-33)32-21-25-34(26-22-32)38-28-30-48-52-40(38)14-6-16-44(52)42-12-2-8-36-10-4-18-46(54-48)50(36)42/h1-30H. The second kappa shape index (κ2) is 11.2. The van der Waals surface area contributed by atoms with Gasteiger partial charge in [0, 0.05) is 21.5 Å². The van der Waals surface area contributed by atoms with Crippen molar-refractivity contribution in [3.63, 3.8) is 0 Å². The first-order chi connectivity index (χ1) is 26.8. The van der Waals surface area contributed by atoms with Crippen LogP contribution in [0.4, 0.5) is 0 Å². The molecule has 12 rings (SSSR count). The highest BCUT2D eigenvalue weighted by molar-refractivity contribution is 6.26. The third-order valence-electron chi connectivity index (χ3n) is 11.5. The monoisotopic (exact) mass is 686 g/mol. The molecule has 0 saturated heterocycles. The highest BCUT2D eigenvalue weighted by Gasteiger charge is 2.16. The Labute approximate surface area is 310 Å². The molecule has 0 unspecified atom stereocenters. The number of hydrogen-bond acceptors (Lipinski definition) is 2. The van der Waals surface area contributed by atoms with Gasteiger partial charge in [0.15, 0.2) is 0 Å². The van der Waals surface area contributed by atoms with E-state index in [-0.39, 0.29) is 0 Å². The lowest BCUT2D eigenvalue weighted by Gasteiger charge is -2.11. The molecule has 54 heavy (non-hydrogen) atoms. The van der Waals surface area contributed by atoms with Crippen LogP contribution < -0.4 is 0 Å². The predicted molar refractivity (Wildman–Crippen MR) is 227 cm³/mol. The van der Waals surface area contributed by atoms with Crippen LogP contribution in [0.5, 0.6) is 0 Å². The zero-order valence-corrected chi connectivity index (χ0v) is 29.1. The van der Waals surface area contributed by atoms with Crippen molar-refractivity contribution < 1.29 is 8.83 Å². The van der Waals surface area contributed by atoms with Crippen LogP contribution in [0.2, 0.25) is 0 Å². The molecular formula is C52H30O2. The van der Waals surface area contributed by atoms with Crippen LogP contribution in [0.15, 0.2) is 191 Å². The molecule has 2 aromatic heterocycles. The van der Waals surface area contributed by atoms with E-state index < -0.39 is 0 Å². The number of rotatable bonds is 3. The molecule has 0 spiro atoms. The van der Waals surface area contributed by atoms with Crippen molar-refractivity contribution in [1.29, 1.82) is 0 Å². The second-order valence-electron chi connectivity index (χ2n) is 14.4. The van der Waals surface area contributed by atoms with E-state index in [1.165, 1.54) is 76.5 Å². The van der Waals surface area contributed by atoms with Gasteiger partial charge in [0.1, 0.15) is 22.3 Å². The first-order valence-electron chi connectivity index (χ1n) is 18.5. The molecule has 0 aliphatic rings. The fourth-order valence-electron chi connectivity index (χ4n) is 9.02. The van der Waals surface area contributed by atoms with Gasteiger partial charge >= 0.3 is 0 Å². The number of benzene rings is 10. The summed E-state index contributed by atoms with van der Waals surface area (Å²) < 4.78 is 13.2. The first kappa shape index (κ1) is 29.4. The third kappa shape index (κ3) is 4.22. The van der Waals surface area contributed by atoms with Crippen LogP contribution in [0.3, 0.4) is 0 Å². The molecule has 0 aliphatic carbocycles. The molecule has 12 aromatic rings. The maximum absolute atomic E-state index is 6.62. The Kier molecular flexibility index (Phi) is 6.09. The van der Waals surface area contributed by atoms with Gasteiger partial charge in [-0.05, 0) is 101 Å². The average molecular weight is 687 g/mol. The van der Waals surface area contributed by atoms with Crippen molar-refractivity contribution in [2.24, 2.45) is 0 Å². The summed E-state index contributed by atoms with van der Waals surface area (Å²) in [5, 5.41) is 14.2. The van der Waals surface area contributed by atoms with Gasteiger partial charge in [-0.25, -0.2) is 0 Å². The normalized spacial score (nSPS) is 12.1. The predicted octanol–water partition coefficient (Wildman–Crippen LogP) is 15.1. The summed E-state index contributed by atoms with van der Waals surface area (Å²) in [5.41, 5.74) is 10.7. The first-order valence-corrected chi connectivity index (χ1v) is 18.5. The summed E-state index contributed by atoms with van der Waals surface area (Å²) in [6.07, 6.45) is 0. The molecule has 0 atom stereocenters. The minimum atomic E-state index is 0.895. The van der Waals surface area contributed by atoms with E-state index in [1.54, 1.807) is 0 Å². The fourth-order valence-corrected chi connectivity index (χ4v) is 9.02. The topological polar surface area (TPSA) is 26.3 Å². The smallest absolute Gasteiger partial charge is 0.135 e. The Hall–Kier alpha value is -7.16. The van der Waals surface area contributed by atoms with Gasteiger partial charge in [0.2, 0.25) is 0 Å². The van der Waals surface area contributed by atoms with Gasteiger partial charge < -0.3 is 8.83 Å². The Morgan fingerprint density at radius 2 is 0.537 bits per heavy atom. The third-order valence-corrected chi connectivity index (χ3v) is 11.5. The highest BCUT2D eigenvalue weighted by atomic mass is 16.3. The van der Waals surface area contributed by atoms with Crippen LogP contribution in [0, 0.1) is 0 Å². The van der Waals surface area contributed by atoms with Gasteiger partial charge in [-0.15, -0.1) is 0 Å². The Morgan fingerprint density at radius 3 is 0.963 bits per heavy atom. The summed E-state index contributed by atoms with van der Waals surface area (Å²) >= 11 is 0. The van der Waals surface area contributed by atoms with Gasteiger partial charge in [0.25, 0.3) is 0 Å². The Bertz CT molecular complexity index is 3230. The Morgan fingerprint density at radius 1 is 0.222 bits per heavy atom. The molecule has 0 N–H and O–H groups in total. The quantitative estimate of drug-likeness (QED) is 0.185. The molecule has 0 radical (unpaired) electrons. The molecule has 0 fully saturated rings. The maximum atomic E-state index is 6.62. The largest absolute Gasteiger partial charge is 0.456 e. The maximum Gasteiger partial charge on any atom is 0.135 e. The van der Waals surface area contributed by atoms with Gasteiger partial charge in [-0.2, -0.15) is 0 Å². The van der Waals surface area contributed by atoms with E-state index in [1.807, 2.05) is 0 Å². The van der Waals surface area contributed by atoms with Crippen LogP contribution in [-0.2, 0) is 0 Å². The SMILES string of the molecule is c1cc2cccc3c4cccc5c(-c6ccc(-c7ccc(-c8ccc9oc%10cccc%11cccc(c%12cccc8c9%12)c%11%10)cc7)cc6)ccc(oc(c1)c23)c54. The fraction of sp³-hybridized carbons (Fsp3) is 0. The molecule has 0 saturated carbocycles. The summed E-state index contributed by atoms with van der Waals surface area (Å²) in [6, 6.07) is 65.5. The van der Waals surface area contributed by atoms with Gasteiger partial charge in [-0.3, -0.25) is 0 Å². The van der Waals surface area contributed by atoms with Crippen molar-refractivity contribution >= 4 is 87.0 Å². The summed E-state index contributed by atoms with van der Waals surface area (Å²) in [4.78, 5) is 0. The van der Waals surface area contributed by atoms with Crippen molar-refractivity contribution in [3.8, 4) is 33.4 Å². The summed E-state index contributed by atoms with van der Waals surface area (Å²) in [5.74, 6) is 0. The van der Waals surface area contributed by atoms with E-state index in [4.69, 9.17) is 8.83 Å². The van der Waals surface area contributed by atoms with Crippen molar-refractivity contribution in [2.45, 2.75) is 0 Å². The molecule has 2 heteroatoms. The highest BCUT2D eigenvalue weighted by Crippen LogP contribution is 2.42. The van der Waals surface area contributed by atoms with E-state index in [0.29, 0.717) is 0 Å². The van der Waals surface area contributed by atoms with Crippen LogP contribution in [-0.4, -0.2) is 0 Å². The van der Waals surface area contributed by atoms with Gasteiger partial charge in [-0.1, -0.05) is 158 Å². The minimum Gasteiger partial charge on any atom is -0.456 e. The molecule has 0 bridgehead atoms. The molecule has 2 heterocycles. The lowest BCUT2D eigenvalue weighted by Crippen LogP contribution is -1.86. The van der Waals surface area contributed by atoms with Crippen molar-refractivity contribution in [1.82, 2.24) is 0 Å². The van der Waals surface area contributed by atoms with E-state index in [2.05, 4.69) is 182 Å². The second-order valence-corrected chi connectivity index (χ2v) is 14.4. The van der Waals surface area contributed by atoms with E-state index >= 15 is 0 Å². The number of hydrogen-bond donors (Lipinski definition) is 0. The lowest BCUT2D eigenvalue weighted by atomic mass is 9.92. The lowest BCUT2D eigenvalue weighted by molar-refractivity contribution is 0.664. The Balaban J connectivity index is 0.939.